The molecule has 2 rings (SSSR count). The van der Waals surface area contributed by atoms with Crippen molar-refractivity contribution in [3.05, 3.63) is 40.5 Å². The predicted octanol–water partition coefficient (Wildman–Crippen LogP) is 1.12. The van der Waals surface area contributed by atoms with Crippen LogP contribution in [0, 0.1) is 6.92 Å². The van der Waals surface area contributed by atoms with Gasteiger partial charge in [0.15, 0.2) is 5.82 Å². The number of carbonyl (C=O) groups is 1. The Morgan fingerprint density at radius 1 is 1.33 bits per heavy atom. The van der Waals surface area contributed by atoms with Gasteiger partial charge in [-0.1, -0.05) is 21.1 Å². The van der Waals surface area contributed by atoms with Crippen molar-refractivity contribution in [2.45, 2.75) is 18.2 Å². The Labute approximate surface area is 148 Å². The molecule has 130 valence electrons. The minimum atomic E-state index is -3.71. The van der Waals surface area contributed by atoms with Crippen LogP contribution in [0.3, 0.4) is 0 Å². The fraction of sp³-hybridized carbons (Fsp3) is 0.357. The van der Waals surface area contributed by atoms with Gasteiger partial charge < -0.3 is 9.84 Å². The van der Waals surface area contributed by atoms with Gasteiger partial charge >= 0.3 is 0 Å². The molecule has 0 aliphatic carbocycles. The number of nitrogens with zero attached hydrogens (tertiary/aromatic N) is 3. The molecule has 0 radical (unpaired) electrons. The largest absolute Gasteiger partial charge is 0.354 e. The zero-order chi connectivity index (χ0) is 17.7. The monoisotopic (exact) mass is 416 g/mol. The Bertz CT molecular complexity index is 804. The summed E-state index contributed by atoms with van der Waals surface area (Å²) in [7, 11) is -2.35. The normalized spacial score (nSPS) is 11.7. The van der Waals surface area contributed by atoms with Gasteiger partial charge in [0.2, 0.25) is 21.8 Å². The van der Waals surface area contributed by atoms with Crippen molar-refractivity contribution in [1.29, 1.82) is 0 Å². The Morgan fingerprint density at radius 3 is 2.58 bits per heavy atom. The van der Waals surface area contributed by atoms with Gasteiger partial charge in [0, 0.05) is 24.5 Å². The molecule has 0 saturated heterocycles. The van der Waals surface area contributed by atoms with Crippen LogP contribution >= 0.6 is 15.9 Å². The first kappa shape index (κ1) is 18.6. The summed E-state index contributed by atoms with van der Waals surface area (Å²) in [6.45, 7) is 1.71. The third-order valence-electron chi connectivity index (χ3n) is 3.12. The van der Waals surface area contributed by atoms with E-state index in [1.807, 2.05) is 0 Å². The summed E-state index contributed by atoms with van der Waals surface area (Å²) < 4.78 is 31.5. The number of likely N-dealkylation sites (N-methyl/N-ethyl adjacent to an activating group) is 1. The maximum atomic E-state index is 12.4. The van der Waals surface area contributed by atoms with Gasteiger partial charge in [-0.05, 0) is 31.2 Å². The molecule has 2 aromatic rings. The zero-order valence-corrected chi connectivity index (χ0v) is 15.6. The molecule has 0 aliphatic heterocycles. The first-order chi connectivity index (χ1) is 11.3. The topological polar surface area (TPSA) is 105 Å². The third kappa shape index (κ3) is 4.86. The second-order valence-electron chi connectivity index (χ2n) is 5.05. The lowest BCUT2D eigenvalue weighted by Gasteiger charge is -2.16. The average molecular weight is 417 g/mol. The number of amides is 1. The third-order valence-corrected chi connectivity index (χ3v) is 5.47. The lowest BCUT2D eigenvalue weighted by atomic mass is 10.4. The molecule has 24 heavy (non-hydrogen) atoms. The molecule has 1 aromatic heterocycles. The van der Waals surface area contributed by atoms with Gasteiger partial charge in [-0.2, -0.15) is 9.29 Å². The SMILES string of the molecule is Cc1noc(CCNC(=O)CN(C)S(=O)(=O)c2ccc(Br)cc2)n1. The van der Waals surface area contributed by atoms with Crippen molar-refractivity contribution in [2.75, 3.05) is 20.1 Å². The van der Waals surface area contributed by atoms with Crippen molar-refractivity contribution in [1.82, 2.24) is 19.8 Å². The highest BCUT2D eigenvalue weighted by atomic mass is 79.9. The number of nitrogens with one attached hydrogen (secondary N) is 1. The van der Waals surface area contributed by atoms with E-state index in [-0.39, 0.29) is 18.0 Å². The minimum absolute atomic E-state index is 0.127. The number of hydrogen-bond donors (Lipinski definition) is 1. The Balaban J connectivity index is 1.87. The molecule has 1 amide bonds. The summed E-state index contributed by atoms with van der Waals surface area (Å²) in [5.74, 6) is 0.537. The zero-order valence-electron chi connectivity index (χ0n) is 13.2. The Kier molecular flexibility index (Phi) is 6.08. The van der Waals surface area contributed by atoms with Gasteiger partial charge in [0.25, 0.3) is 0 Å². The summed E-state index contributed by atoms with van der Waals surface area (Å²) in [5.41, 5.74) is 0. The van der Waals surface area contributed by atoms with Crippen LogP contribution in [0.25, 0.3) is 0 Å². The number of rotatable bonds is 7. The van der Waals surface area contributed by atoms with Gasteiger partial charge in [-0.15, -0.1) is 0 Å². The molecule has 1 heterocycles. The molecule has 0 bridgehead atoms. The highest BCUT2D eigenvalue weighted by Crippen LogP contribution is 2.17. The molecule has 0 atom stereocenters. The van der Waals surface area contributed by atoms with E-state index in [1.54, 1.807) is 19.1 Å². The van der Waals surface area contributed by atoms with E-state index in [4.69, 9.17) is 4.52 Å². The molecular weight excluding hydrogens is 400 g/mol. The molecule has 10 heteroatoms. The van der Waals surface area contributed by atoms with E-state index >= 15 is 0 Å². The van der Waals surface area contributed by atoms with Crippen molar-refractivity contribution in [3.8, 4) is 0 Å². The van der Waals surface area contributed by atoms with Crippen LogP contribution in [0.5, 0.6) is 0 Å². The van der Waals surface area contributed by atoms with Crippen LogP contribution in [0.2, 0.25) is 0 Å². The van der Waals surface area contributed by atoms with E-state index in [2.05, 4.69) is 31.4 Å². The van der Waals surface area contributed by atoms with E-state index in [9.17, 15) is 13.2 Å². The molecule has 0 fully saturated rings. The van der Waals surface area contributed by atoms with E-state index in [0.29, 0.717) is 18.1 Å². The lowest BCUT2D eigenvalue weighted by Crippen LogP contribution is -2.39. The van der Waals surface area contributed by atoms with Gasteiger partial charge in [0.1, 0.15) is 0 Å². The second kappa shape index (κ2) is 7.86. The van der Waals surface area contributed by atoms with Crippen molar-refractivity contribution < 1.29 is 17.7 Å². The van der Waals surface area contributed by atoms with Crippen molar-refractivity contribution in [2.24, 2.45) is 0 Å². The van der Waals surface area contributed by atoms with Crippen LogP contribution in [-0.4, -0.2) is 48.9 Å². The smallest absolute Gasteiger partial charge is 0.243 e. The molecule has 1 aromatic carbocycles. The first-order valence-electron chi connectivity index (χ1n) is 7.07. The number of sulfonamides is 1. The summed E-state index contributed by atoms with van der Waals surface area (Å²) in [5, 5.41) is 6.27. The number of hydrogen-bond acceptors (Lipinski definition) is 6. The quantitative estimate of drug-likeness (QED) is 0.724. The van der Waals surface area contributed by atoms with Crippen LogP contribution in [0.1, 0.15) is 11.7 Å². The molecular formula is C14H17BrN4O4S. The number of benzene rings is 1. The fourth-order valence-electron chi connectivity index (χ4n) is 1.88. The average Bonchev–Trinajstić information content (AvgIpc) is 2.93. The van der Waals surface area contributed by atoms with Crippen molar-refractivity contribution in [3.63, 3.8) is 0 Å². The highest BCUT2D eigenvalue weighted by Gasteiger charge is 2.22. The lowest BCUT2D eigenvalue weighted by molar-refractivity contribution is -0.121. The molecule has 0 unspecified atom stereocenters. The van der Waals surface area contributed by atoms with E-state index < -0.39 is 15.9 Å². The van der Waals surface area contributed by atoms with Crippen molar-refractivity contribution >= 4 is 31.9 Å². The molecule has 0 spiro atoms. The van der Waals surface area contributed by atoms with Gasteiger partial charge in [-0.25, -0.2) is 8.42 Å². The Hall–Kier alpha value is -1.78. The summed E-state index contributed by atoms with van der Waals surface area (Å²) in [6, 6.07) is 6.22. The molecule has 8 nitrogen and oxygen atoms in total. The first-order valence-corrected chi connectivity index (χ1v) is 9.30. The standard InChI is InChI=1S/C14H17BrN4O4S/c1-10-17-14(23-18-10)7-8-16-13(20)9-19(2)24(21,22)12-5-3-11(15)4-6-12/h3-6H,7-9H2,1-2H3,(H,16,20). The summed E-state index contributed by atoms with van der Waals surface area (Å²) in [4.78, 5) is 16.0. The van der Waals surface area contributed by atoms with Crippen LogP contribution in [0.15, 0.2) is 38.2 Å². The predicted molar refractivity (Wildman–Crippen MR) is 89.7 cm³/mol. The number of aromatic nitrogens is 2. The molecule has 1 N–H and O–H groups in total. The fourth-order valence-corrected chi connectivity index (χ4v) is 3.27. The number of carbonyl (C=O) groups excluding carboxylic acids is 1. The van der Waals surface area contributed by atoms with Crippen LogP contribution in [-0.2, 0) is 21.2 Å². The summed E-state index contributed by atoms with van der Waals surface area (Å²) in [6.07, 6.45) is 0.385. The maximum absolute atomic E-state index is 12.4. The molecule has 0 saturated carbocycles. The number of aryl methyl sites for hydroxylation is 1. The number of halogens is 1. The minimum Gasteiger partial charge on any atom is -0.354 e. The molecule has 0 aliphatic rings. The highest BCUT2D eigenvalue weighted by molar-refractivity contribution is 9.10. The summed E-state index contributed by atoms with van der Waals surface area (Å²) >= 11 is 3.25. The van der Waals surface area contributed by atoms with E-state index in [1.165, 1.54) is 19.2 Å². The van der Waals surface area contributed by atoms with Gasteiger partial charge in [0.05, 0.1) is 11.4 Å². The van der Waals surface area contributed by atoms with E-state index in [0.717, 1.165) is 8.78 Å². The van der Waals surface area contributed by atoms with Crippen LogP contribution < -0.4 is 5.32 Å². The Morgan fingerprint density at radius 2 is 2.00 bits per heavy atom. The second-order valence-corrected chi connectivity index (χ2v) is 8.01. The maximum Gasteiger partial charge on any atom is 0.243 e. The van der Waals surface area contributed by atoms with Gasteiger partial charge in [-0.3, -0.25) is 4.79 Å². The van der Waals surface area contributed by atoms with Crippen LogP contribution in [0.4, 0.5) is 0 Å².